The topological polar surface area (TPSA) is 72.3 Å². The Labute approximate surface area is 103 Å². The summed E-state index contributed by atoms with van der Waals surface area (Å²) in [6.07, 6.45) is 0. The van der Waals surface area contributed by atoms with Crippen LogP contribution < -0.4 is 5.43 Å². The lowest BCUT2D eigenvalue weighted by Gasteiger charge is -2.34. The van der Waals surface area contributed by atoms with E-state index in [1.54, 1.807) is 0 Å². The summed E-state index contributed by atoms with van der Waals surface area (Å²) in [5.74, 6) is -0.499. The third-order valence-electron chi connectivity index (χ3n) is 1.72. The lowest BCUT2D eigenvalue weighted by atomic mass is 10.2. The van der Waals surface area contributed by atoms with Crippen molar-refractivity contribution in [3.05, 3.63) is 0 Å². The van der Waals surface area contributed by atoms with Crippen LogP contribution in [0, 0.1) is 0 Å². The maximum Gasteiger partial charge on any atom is 0.357 e. The van der Waals surface area contributed by atoms with Gasteiger partial charge in [0, 0.05) is 0 Å². The summed E-state index contributed by atoms with van der Waals surface area (Å²) >= 11 is 0. The van der Waals surface area contributed by atoms with E-state index in [-0.39, 0.29) is 0 Å². The Morgan fingerprint density at radius 2 is 1.59 bits per heavy atom. The molecule has 7 heteroatoms. The number of nitrogens with zero attached hydrogens (tertiary/aromatic N) is 2. The Morgan fingerprint density at radius 3 is 1.88 bits per heavy atom. The second kappa shape index (κ2) is 4.67. The number of rotatable bonds is 3. The molecule has 0 saturated carbocycles. The van der Waals surface area contributed by atoms with Gasteiger partial charge in [-0.3, -0.25) is 9.99 Å². The van der Waals surface area contributed by atoms with E-state index >= 15 is 0 Å². The van der Waals surface area contributed by atoms with Crippen molar-refractivity contribution in [2.45, 2.75) is 58.5 Å². The molecule has 0 bridgehead atoms. The van der Waals surface area contributed by atoms with E-state index < -0.39 is 24.6 Å². The predicted octanol–water partition coefficient (Wildman–Crippen LogP) is 3.11. The highest BCUT2D eigenvalue weighted by Gasteiger charge is 2.44. The molecule has 100 valence electrons. The quantitative estimate of drug-likeness (QED) is 0.794. The second-order valence-electron chi connectivity index (χ2n) is 6.02. The first-order chi connectivity index (χ1) is 7.52. The summed E-state index contributed by atoms with van der Waals surface area (Å²) in [4.78, 5) is 0. The van der Waals surface area contributed by atoms with Crippen LogP contribution in [0.1, 0.15) is 41.5 Å². The van der Waals surface area contributed by atoms with Crippen LogP contribution in [0.25, 0.3) is 0 Å². The van der Waals surface area contributed by atoms with E-state index in [0.29, 0.717) is 6.54 Å². The standard InChI is InChI=1S/C10H22N3O3P/c1-9(2,3)15-17(14,16-10(4,5)6)8-7-11-13-12-8/h8H,7H2,1-6H3,(H,11,12). The van der Waals surface area contributed by atoms with Gasteiger partial charge in [0.1, 0.15) is 0 Å². The van der Waals surface area contributed by atoms with E-state index in [9.17, 15) is 4.57 Å². The first-order valence-electron chi connectivity index (χ1n) is 5.65. The van der Waals surface area contributed by atoms with Gasteiger partial charge in [-0.15, -0.1) is 0 Å². The third-order valence-corrected chi connectivity index (χ3v) is 4.36. The molecule has 1 atom stereocenters. The first-order valence-corrected chi connectivity index (χ1v) is 7.26. The molecule has 1 aliphatic rings. The molecule has 0 radical (unpaired) electrons. The average Bonchev–Trinajstić information content (AvgIpc) is 2.45. The molecule has 17 heavy (non-hydrogen) atoms. The number of hydrogen-bond acceptors (Lipinski definition) is 6. The zero-order valence-electron chi connectivity index (χ0n) is 11.4. The minimum absolute atomic E-state index is 0.309. The molecule has 1 aliphatic heterocycles. The largest absolute Gasteiger partial charge is 0.357 e. The molecule has 0 aromatic rings. The van der Waals surface area contributed by atoms with Gasteiger partial charge in [-0.25, -0.2) is 0 Å². The molecule has 1 N–H and O–H groups in total. The van der Waals surface area contributed by atoms with Crippen LogP contribution in [-0.4, -0.2) is 23.5 Å². The van der Waals surface area contributed by atoms with Crippen molar-refractivity contribution in [2.75, 3.05) is 6.54 Å². The maximum absolute atomic E-state index is 12.8. The Morgan fingerprint density at radius 1 is 1.12 bits per heavy atom. The van der Waals surface area contributed by atoms with E-state index in [1.165, 1.54) is 0 Å². The molecule has 0 amide bonds. The van der Waals surface area contributed by atoms with Gasteiger partial charge >= 0.3 is 7.60 Å². The van der Waals surface area contributed by atoms with Crippen molar-refractivity contribution < 1.29 is 13.6 Å². The lowest BCUT2D eigenvalue weighted by molar-refractivity contribution is 0.0446. The van der Waals surface area contributed by atoms with Crippen molar-refractivity contribution >= 4 is 7.60 Å². The van der Waals surface area contributed by atoms with E-state index in [0.717, 1.165) is 0 Å². The summed E-state index contributed by atoms with van der Waals surface area (Å²) in [5.41, 5.74) is 1.59. The molecule has 0 spiro atoms. The van der Waals surface area contributed by atoms with Crippen LogP contribution in [0.4, 0.5) is 0 Å². The van der Waals surface area contributed by atoms with Crippen LogP contribution in [0.5, 0.6) is 0 Å². The highest BCUT2D eigenvalue weighted by Crippen LogP contribution is 2.58. The summed E-state index contributed by atoms with van der Waals surface area (Å²) in [6, 6.07) is 0. The predicted molar refractivity (Wildman–Crippen MR) is 65.9 cm³/mol. The van der Waals surface area contributed by atoms with E-state index in [2.05, 4.69) is 15.8 Å². The molecule has 0 fully saturated rings. The van der Waals surface area contributed by atoms with Crippen LogP contribution in [0.15, 0.2) is 10.3 Å². The number of nitrogens with one attached hydrogen (secondary N) is 1. The van der Waals surface area contributed by atoms with Crippen LogP contribution in [0.2, 0.25) is 0 Å². The Bertz CT molecular complexity index is 316. The lowest BCUT2D eigenvalue weighted by Crippen LogP contribution is -2.33. The first kappa shape index (κ1) is 14.6. The summed E-state index contributed by atoms with van der Waals surface area (Å²) < 4.78 is 24.1. The third kappa shape index (κ3) is 4.74. The highest BCUT2D eigenvalue weighted by molar-refractivity contribution is 7.54. The summed E-state index contributed by atoms with van der Waals surface area (Å²) in [7, 11) is -3.31. The summed E-state index contributed by atoms with van der Waals surface area (Å²) in [5, 5.41) is 7.41. The zero-order chi connectivity index (χ0) is 13.3. The van der Waals surface area contributed by atoms with Crippen molar-refractivity contribution in [3.8, 4) is 0 Å². The minimum atomic E-state index is -3.31. The number of hydrogen-bond donors (Lipinski definition) is 1. The average molecular weight is 263 g/mol. The summed E-state index contributed by atoms with van der Waals surface area (Å²) in [6.45, 7) is 11.4. The molecular formula is C10H22N3O3P. The highest BCUT2D eigenvalue weighted by atomic mass is 31.2. The molecule has 0 aliphatic carbocycles. The molecule has 0 aromatic carbocycles. The van der Waals surface area contributed by atoms with E-state index in [1.807, 2.05) is 41.5 Å². The molecule has 0 aromatic heterocycles. The van der Waals surface area contributed by atoms with Gasteiger partial charge in [0.05, 0.1) is 17.7 Å². The molecule has 1 rings (SSSR count). The fourth-order valence-electron chi connectivity index (χ4n) is 1.35. The fraction of sp³-hybridized carbons (Fsp3) is 1.00. The minimum Gasteiger partial charge on any atom is -0.301 e. The molecule has 6 nitrogen and oxygen atoms in total. The normalized spacial score (nSPS) is 21.6. The maximum atomic E-state index is 12.8. The van der Waals surface area contributed by atoms with Gasteiger partial charge in [0.15, 0.2) is 5.78 Å². The van der Waals surface area contributed by atoms with E-state index in [4.69, 9.17) is 9.05 Å². The van der Waals surface area contributed by atoms with Crippen LogP contribution in [-0.2, 0) is 13.6 Å². The molecule has 1 unspecified atom stereocenters. The van der Waals surface area contributed by atoms with Crippen molar-refractivity contribution in [3.63, 3.8) is 0 Å². The van der Waals surface area contributed by atoms with Crippen molar-refractivity contribution in [1.29, 1.82) is 0 Å². The monoisotopic (exact) mass is 263 g/mol. The Hall–Kier alpha value is -0.450. The SMILES string of the molecule is CC(C)(C)OP(=O)(OC(C)(C)C)C1CN=NN1. The van der Waals surface area contributed by atoms with Crippen molar-refractivity contribution in [1.82, 2.24) is 5.43 Å². The zero-order valence-corrected chi connectivity index (χ0v) is 12.2. The molecule has 1 heterocycles. The fourth-order valence-corrected chi connectivity index (χ4v) is 3.63. The Kier molecular flexibility index (Phi) is 4.01. The van der Waals surface area contributed by atoms with Crippen LogP contribution >= 0.6 is 7.60 Å². The van der Waals surface area contributed by atoms with Crippen LogP contribution in [0.3, 0.4) is 0 Å². The van der Waals surface area contributed by atoms with Crippen molar-refractivity contribution in [2.24, 2.45) is 10.3 Å². The Balaban J connectivity index is 2.88. The smallest absolute Gasteiger partial charge is 0.301 e. The molecular weight excluding hydrogens is 241 g/mol. The van der Waals surface area contributed by atoms with Gasteiger partial charge in [-0.1, -0.05) is 5.22 Å². The molecule has 0 saturated heterocycles. The van der Waals surface area contributed by atoms with Gasteiger partial charge in [-0.05, 0) is 41.5 Å². The van der Waals surface area contributed by atoms with Gasteiger partial charge in [0.2, 0.25) is 0 Å². The van der Waals surface area contributed by atoms with Gasteiger partial charge in [0.25, 0.3) is 0 Å². The van der Waals surface area contributed by atoms with Gasteiger partial charge < -0.3 is 9.05 Å². The van der Waals surface area contributed by atoms with Gasteiger partial charge in [-0.2, -0.15) is 5.11 Å². The second-order valence-corrected chi connectivity index (χ2v) is 8.08.